The van der Waals surface area contributed by atoms with E-state index in [2.05, 4.69) is 5.38 Å². The first-order valence-electron chi connectivity index (χ1n) is 8.79. The van der Waals surface area contributed by atoms with Crippen molar-refractivity contribution in [2.45, 2.75) is 0 Å². The highest BCUT2D eigenvalue weighted by molar-refractivity contribution is 7.08. The molecule has 0 N–H and O–H groups in total. The molecule has 5 heteroatoms. The maximum atomic E-state index is 12.5. The van der Waals surface area contributed by atoms with Gasteiger partial charge in [0.15, 0.2) is 5.78 Å². The third-order valence-electron chi connectivity index (χ3n) is 4.35. The molecule has 2 heterocycles. The molecule has 0 fully saturated rings. The van der Waals surface area contributed by atoms with E-state index in [-0.39, 0.29) is 5.78 Å². The molecule has 4 nitrogen and oxygen atoms in total. The number of allylic oxidation sites excluding steroid dienone is 1. The molecule has 0 atom stereocenters. The SMILES string of the molecule is COc1ccc(C(=O)C=Cc2cn(-c3ccccc3)nc2-c2ccsc2)cc1. The minimum absolute atomic E-state index is 0.0635. The number of aromatic nitrogens is 2. The Bertz CT molecular complexity index is 1100. The van der Waals surface area contributed by atoms with Crippen LogP contribution in [0.15, 0.2) is 83.7 Å². The molecule has 138 valence electrons. The molecule has 0 bridgehead atoms. The van der Waals surface area contributed by atoms with Gasteiger partial charge >= 0.3 is 0 Å². The minimum atomic E-state index is -0.0635. The third-order valence-corrected chi connectivity index (χ3v) is 5.03. The lowest BCUT2D eigenvalue weighted by Gasteiger charge is -2.00. The van der Waals surface area contributed by atoms with Gasteiger partial charge in [0.1, 0.15) is 11.4 Å². The predicted octanol–water partition coefficient (Wildman–Crippen LogP) is 5.51. The first-order valence-corrected chi connectivity index (χ1v) is 9.73. The van der Waals surface area contributed by atoms with Gasteiger partial charge < -0.3 is 4.74 Å². The molecule has 0 aliphatic rings. The lowest BCUT2D eigenvalue weighted by molar-refractivity contribution is 0.104. The van der Waals surface area contributed by atoms with Gasteiger partial charge in [0, 0.05) is 28.3 Å². The number of benzene rings is 2. The zero-order chi connectivity index (χ0) is 19.3. The van der Waals surface area contributed by atoms with E-state index in [9.17, 15) is 4.79 Å². The quantitative estimate of drug-likeness (QED) is 0.324. The van der Waals surface area contributed by atoms with Gasteiger partial charge in [0.2, 0.25) is 0 Å². The van der Waals surface area contributed by atoms with E-state index in [4.69, 9.17) is 9.84 Å². The van der Waals surface area contributed by atoms with E-state index >= 15 is 0 Å². The summed E-state index contributed by atoms with van der Waals surface area (Å²) in [7, 11) is 1.60. The van der Waals surface area contributed by atoms with Crippen LogP contribution < -0.4 is 4.74 Å². The number of thiophene rings is 1. The van der Waals surface area contributed by atoms with E-state index < -0.39 is 0 Å². The highest BCUT2D eigenvalue weighted by Gasteiger charge is 2.11. The van der Waals surface area contributed by atoms with Crippen LogP contribution in [0.3, 0.4) is 0 Å². The molecule has 0 unspecified atom stereocenters. The third kappa shape index (κ3) is 3.80. The summed E-state index contributed by atoms with van der Waals surface area (Å²) >= 11 is 1.62. The summed E-state index contributed by atoms with van der Waals surface area (Å²) < 4.78 is 6.98. The van der Waals surface area contributed by atoms with Gasteiger partial charge in [-0.25, -0.2) is 4.68 Å². The molecule has 4 aromatic rings. The largest absolute Gasteiger partial charge is 0.497 e. The number of nitrogens with zero attached hydrogens (tertiary/aromatic N) is 2. The van der Waals surface area contributed by atoms with Crippen LogP contribution in [0.2, 0.25) is 0 Å². The molecule has 4 rings (SSSR count). The topological polar surface area (TPSA) is 44.1 Å². The van der Waals surface area contributed by atoms with Gasteiger partial charge in [-0.1, -0.05) is 18.2 Å². The summed E-state index contributed by atoms with van der Waals surface area (Å²) in [6, 6.07) is 19.1. The van der Waals surface area contributed by atoms with Crippen LogP contribution in [0.4, 0.5) is 0 Å². The van der Waals surface area contributed by atoms with Crippen molar-refractivity contribution in [2.24, 2.45) is 0 Å². The number of hydrogen-bond donors (Lipinski definition) is 0. The molecule has 0 spiro atoms. The second-order valence-corrected chi connectivity index (χ2v) is 6.93. The van der Waals surface area contributed by atoms with Crippen LogP contribution in [0.25, 0.3) is 23.0 Å². The molecule has 0 aliphatic carbocycles. The van der Waals surface area contributed by atoms with Crippen LogP contribution in [-0.4, -0.2) is 22.7 Å². The maximum Gasteiger partial charge on any atom is 0.185 e. The lowest BCUT2D eigenvalue weighted by Crippen LogP contribution is -1.94. The van der Waals surface area contributed by atoms with E-state index in [1.807, 2.05) is 58.7 Å². The van der Waals surface area contributed by atoms with Gasteiger partial charge in [-0.2, -0.15) is 16.4 Å². The molecule has 0 radical (unpaired) electrons. The summed E-state index contributed by atoms with van der Waals surface area (Å²) in [4.78, 5) is 12.5. The summed E-state index contributed by atoms with van der Waals surface area (Å²) in [5.41, 5.74) is 4.37. The normalized spacial score (nSPS) is 11.0. The Morgan fingerprint density at radius 1 is 1.07 bits per heavy atom. The van der Waals surface area contributed by atoms with Gasteiger partial charge in [-0.15, -0.1) is 0 Å². The van der Waals surface area contributed by atoms with Crippen LogP contribution in [0.5, 0.6) is 5.75 Å². The van der Waals surface area contributed by atoms with Crippen molar-refractivity contribution in [1.29, 1.82) is 0 Å². The van der Waals surface area contributed by atoms with E-state index in [0.29, 0.717) is 5.56 Å². The minimum Gasteiger partial charge on any atom is -0.497 e. The fraction of sp³-hybridized carbons (Fsp3) is 0.0435. The van der Waals surface area contributed by atoms with Gasteiger partial charge in [0.25, 0.3) is 0 Å². The number of ketones is 1. The summed E-state index contributed by atoms with van der Waals surface area (Å²) in [6.45, 7) is 0. The lowest BCUT2D eigenvalue weighted by atomic mass is 10.1. The average molecular weight is 386 g/mol. The van der Waals surface area contributed by atoms with E-state index in [1.54, 1.807) is 48.8 Å². The number of carbonyl (C=O) groups excluding carboxylic acids is 1. The van der Waals surface area contributed by atoms with Crippen LogP contribution >= 0.6 is 11.3 Å². The van der Waals surface area contributed by atoms with Crippen molar-refractivity contribution in [1.82, 2.24) is 9.78 Å². The molecular formula is C23H18N2O2S. The summed E-state index contributed by atoms with van der Waals surface area (Å²) in [5, 5.41) is 8.82. The Morgan fingerprint density at radius 3 is 2.54 bits per heavy atom. The molecule has 0 amide bonds. The zero-order valence-electron chi connectivity index (χ0n) is 15.3. The molecule has 2 aromatic heterocycles. The standard InChI is InChI=1S/C23H18N2O2S/c1-27-21-10-7-17(8-11-21)22(26)12-9-18-15-25(20-5-3-2-4-6-20)24-23(18)19-13-14-28-16-19/h2-16H,1H3. The molecular weight excluding hydrogens is 368 g/mol. The van der Waals surface area contributed by atoms with Gasteiger partial charge in [-0.05, 0) is 60.0 Å². The highest BCUT2D eigenvalue weighted by atomic mass is 32.1. The molecule has 0 saturated carbocycles. The Kier molecular flexibility index (Phi) is 5.17. The maximum absolute atomic E-state index is 12.5. The van der Waals surface area contributed by atoms with Crippen molar-refractivity contribution in [3.63, 3.8) is 0 Å². The van der Waals surface area contributed by atoms with Crippen molar-refractivity contribution in [3.8, 4) is 22.7 Å². The number of carbonyl (C=O) groups is 1. The van der Waals surface area contributed by atoms with Gasteiger partial charge in [-0.3, -0.25) is 4.79 Å². The zero-order valence-corrected chi connectivity index (χ0v) is 16.1. The second kappa shape index (κ2) is 8.06. The summed E-state index contributed by atoms with van der Waals surface area (Å²) in [6.07, 6.45) is 5.36. The second-order valence-electron chi connectivity index (χ2n) is 6.15. The average Bonchev–Trinajstić information content (AvgIpc) is 3.42. The Balaban J connectivity index is 1.66. The van der Waals surface area contributed by atoms with Crippen molar-refractivity contribution < 1.29 is 9.53 Å². The smallest absolute Gasteiger partial charge is 0.185 e. The first kappa shape index (κ1) is 17.9. The predicted molar refractivity (Wildman–Crippen MR) is 113 cm³/mol. The first-order chi connectivity index (χ1) is 13.7. The van der Waals surface area contributed by atoms with Crippen molar-refractivity contribution in [3.05, 3.63) is 94.8 Å². The molecule has 28 heavy (non-hydrogen) atoms. The van der Waals surface area contributed by atoms with Crippen LogP contribution in [0.1, 0.15) is 15.9 Å². The Hall–Kier alpha value is -3.44. The number of ether oxygens (including phenoxy) is 1. The number of para-hydroxylation sites is 1. The van der Waals surface area contributed by atoms with Crippen molar-refractivity contribution >= 4 is 23.2 Å². The fourth-order valence-corrected chi connectivity index (χ4v) is 3.50. The Labute approximate surface area is 167 Å². The fourth-order valence-electron chi connectivity index (χ4n) is 2.86. The molecule has 0 saturated heterocycles. The highest BCUT2D eigenvalue weighted by Crippen LogP contribution is 2.27. The summed E-state index contributed by atoms with van der Waals surface area (Å²) in [5.74, 6) is 0.663. The monoisotopic (exact) mass is 386 g/mol. The van der Waals surface area contributed by atoms with Crippen LogP contribution in [-0.2, 0) is 0 Å². The van der Waals surface area contributed by atoms with E-state index in [0.717, 1.165) is 28.3 Å². The number of rotatable bonds is 6. The number of hydrogen-bond acceptors (Lipinski definition) is 4. The number of methoxy groups -OCH3 is 1. The Morgan fingerprint density at radius 2 is 1.86 bits per heavy atom. The van der Waals surface area contributed by atoms with E-state index in [1.165, 1.54) is 0 Å². The van der Waals surface area contributed by atoms with Crippen LogP contribution in [0, 0.1) is 0 Å². The van der Waals surface area contributed by atoms with Gasteiger partial charge in [0.05, 0.1) is 12.8 Å². The molecule has 2 aromatic carbocycles. The molecule has 0 aliphatic heterocycles. The van der Waals surface area contributed by atoms with Crippen molar-refractivity contribution in [2.75, 3.05) is 7.11 Å².